The SMILES string of the molecule is COc1cc(CCO[C@@H]2CCCC[C@H]2N2C(=O)C[C@@H](OC(C)=O)C2=O)ccc1OCc1ccccc1. The van der Waals surface area contributed by atoms with Gasteiger partial charge < -0.3 is 18.9 Å². The lowest BCUT2D eigenvalue weighted by Gasteiger charge is -2.36. The number of likely N-dealkylation sites (tertiary alicyclic amines) is 1. The molecule has 1 aliphatic heterocycles. The Labute approximate surface area is 211 Å². The maximum Gasteiger partial charge on any atom is 0.303 e. The minimum absolute atomic E-state index is 0.0971. The number of benzene rings is 2. The number of rotatable bonds is 10. The minimum Gasteiger partial charge on any atom is -0.493 e. The van der Waals surface area contributed by atoms with E-state index in [2.05, 4.69) is 0 Å². The molecule has 1 aliphatic carbocycles. The molecule has 1 saturated heterocycles. The van der Waals surface area contributed by atoms with Gasteiger partial charge in [0.1, 0.15) is 6.61 Å². The van der Waals surface area contributed by atoms with Crippen LogP contribution in [0.1, 0.15) is 50.2 Å². The Kier molecular flexibility index (Phi) is 8.59. The number of hydrogen-bond acceptors (Lipinski definition) is 7. The molecule has 0 unspecified atom stereocenters. The first kappa shape index (κ1) is 25.7. The monoisotopic (exact) mass is 495 g/mol. The lowest BCUT2D eigenvalue weighted by molar-refractivity contribution is -0.158. The van der Waals surface area contributed by atoms with Crippen LogP contribution < -0.4 is 9.47 Å². The molecule has 8 heteroatoms. The van der Waals surface area contributed by atoms with E-state index < -0.39 is 18.0 Å². The smallest absolute Gasteiger partial charge is 0.303 e. The molecule has 1 heterocycles. The summed E-state index contributed by atoms with van der Waals surface area (Å²) in [6.07, 6.45) is 2.65. The summed E-state index contributed by atoms with van der Waals surface area (Å²) in [5, 5.41) is 0. The summed E-state index contributed by atoms with van der Waals surface area (Å²) in [5.41, 5.74) is 2.11. The van der Waals surface area contributed by atoms with E-state index in [9.17, 15) is 14.4 Å². The second-order valence-electron chi connectivity index (χ2n) is 9.17. The van der Waals surface area contributed by atoms with E-state index in [0.29, 0.717) is 37.6 Å². The fourth-order valence-electron chi connectivity index (χ4n) is 4.88. The van der Waals surface area contributed by atoms with E-state index in [1.165, 1.54) is 11.8 Å². The van der Waals surface area contributed by atoms with Crippen molar-refractivity contribution >= 4 is 17.8 Å². The van der Waals surface area contributed by atoms with Gasteiger partial charge in [-0.2, -0.15) is 0 Å². The van der Waals surface area contributed by atoms with Crippen molar-refractivity contribution in [2.24, 2.45) is 0 Å². The van der Waals surface area contributed by atoms with Crippen LogP contribution in [0.3, 0.4) is 0 Å². The molecule has 0 aromatic heterocycles. The molecule has 2 aromatic rings. The number of hydrogen-bond donors (Lipinski definition) is 0. The number of methoxy groups -OCH3 is 1. The first-order chi connectivity index (χ1) is 17.5. The van der Waals surface area contributed by atoms with Crippen LogP contribution in [0.15, 0.2) is 48.5 Å². The largest absolute Gasteiger partial charge is 0.493 e. The Bertz CT molecular complexity index is 1070. The number of carbonyl (C=O) groups excluding carboxylic acids is 3. The third-order valence-corrected chi connectivity index (χ3v) is 6.64. The number of esters is 1. The van der Waals surface area contributed by atoms with Crippen molar-refractivity contribution in [3.63, 3.8) is 0 Å². The van der Waals surface area contributed by atoms with Gasteiger partial charge in [0.15, 0.2) is 17.6 Å². The van der Waals surface area contributed by atoms with Crippen molar-refractivity contribution in [1.82, 2.24) is 4.90 Å². The number of amides is 2. The minimum atomic E-state index is -1.02. The fraction of sp³-hybridized carbons (Fsp3) is 0.464. The predicted molar refractivity (Wildman–Crippen MR) is 131 cm³/mol. The quantitative estimate of drug-likeness (QED) is 0.365. The molecule has 2 amide bonds. The molecule has 3 atom stereocenters. The van der Waals surface area contributed by atoms with Crippen LogP contribution in [0, 0.1) is 0 Å². The summed E-state index contributed by atoms with van der Waals surface area (Å²) in [6.45, 7) is 2.14. The van der Waals surface area contributed by atoms with Crippen LogP contribution in [0.25, 0.3) is 0 Å². The van der Waals surface area contributed by atoms with E-state index in [1.54, 1.807) is 7.11 Å². The Morgan fingerprint density at radius 1 is 1.00 bits per heavy atom. The Balaban J connectivity index is 1.33. The zero-order valence-electron chi connectivity index (χ0n) is 20.8. The highest BCUT2D eigenvalue weighted by Gasteiger charge is 2.47. The zero-order chi connectivity index (χ0) is 25.5. The average molecular weight is 496 g/mol. The van der Waals surface area contributed by atoms with E-state index in [0.717, 1.165) is 30.4 Å². The van der Waals surface area contributed by atoms with E-state index >= 15 is 0 Å². The summed E-state index contributed by atoms with van der Waals surface area (Å²) in [5.74, 6) is 0.0240. The first-order valence-electron chi connectivity index (χ1n) is 12.4. The van der Waals surface area contributed by atoms with Gasteiger partial charge in [-0.25, -0.2) is 0 Å². The van der Waals surface area contributed by atoms with Crippen molar-refractivity contribution in [2.75, 3.05) is 13.7 Å². The lowest BCUT2D eigenvalue weighted by Crippen LogP contribution is -2.50. The summed E-state index contributed by atoms with van der Waals surface area (Å²) in [7, 11) is 1.62. The molecule has 2 aromatic carbocycles. The second-order valence-corrected chi connectivity index (χ2v) is 9.17. The molecule has 1 saturated carbocycles. The van der Waals surface area contributed by atoms with Gasteiger partial charge in [-0.05, 0) is 42.5 Å². The van der Waals surface area contributed by atoms with Crippen molar-refractivity contribution in [3.8, 4) is 11.5 Å². The standard InChI is InChI=1S/C28H33NO7/c1-19(30)36-26-17-27(31)29(28(26)32)22-10-6-7-11-23(22)34-15-14-20-12-13-24(25(16-20)33-2)35-18-21-8-4-3-5-9-21/h3-5,8-9,12-13,16,22-23,26H,6-7,10-11,14-15,17-18H2,1-2H3/t22-,23-,26-/m1/s1. The average Bonchev–Trinajstić information content (AvgIpc) is 3.15. The molecule has 2 fully saturated rings. The van der Waals surface area contributed by atoms with Gasteiger partial charge in [-0.3, -0.25) is 19.3 Å². The lowest BCUT2D eigenvalue weighted by atomic mass is 9.91. The van der Waals surface area contributed by atoms with Crippen molar-refractivity contribution in [2.45, 2.75) is 70.3 Å². The number of nitrogens with zero attached hydrogens (tertiary/aromatic N) is 1. The molecule has 0 N–H and O–H groups in total. The summed E-state index contributed by atoms with van der Waals surface area (Å²) in [4.78, 5) is 38.0. The molecule has 4 rings (SSSR count). The third-order valence-electron chi connectivity index (χ3n) is 6.64. The van der Waals surface area contributed by atoms with Crippen LogP contribution >= 0.6 is 0 Å². The van der Waals surface area contributed by atoms with Crippen LogP contribution in [0.5, 0.6) is 11.5 Å². The molecular formula is C28H33NO7. The third kappa shape index (κ3) is 6.23. The van der Waals surface area contributed by atoms with E-state index in [-0.39, 0.29) is 24.5 Å². The molecule has 8 nitrogen and oxygen atoms in total. The normalized spacial score (nSPS) is 21.9. The van der Waals surface area contributed by atoms with Crippen LogP contribution in [-0.2, 0) is 36.9 Å². The molecule has 36 heavy (non-hydrogen) atoms. The predicted octanol–water partition coefficient (Wildman–Crippen LogP) is 3.84. The number of imide groups is 1. The van der Waals surface area contributed by atoms with Crippen molar-refractivity contribution < 1.29 is 33.3 Å². The van der Waals surface area contributed by atoms with Crippen LogP contribution in [-0.4, -0.2) is 54.7 Å². The fourth-order valence-corrected chi connectivity index (χ4v) is 4.88. The molecule has 0 bridgehead atoms. The highest BCUT2D eigenvalue weighted by atomic mass is 16.5. The topological polar surface area (TPSA) is 91.4 Å². The molecule has 2 aliphatic rings. The maximum absolute atomic E-state index is 12.8. The number of carbonyl (C=O) groups is 3. The van der Waals surface area contributed by atoms with Gasteiger partial charge in [-0.15, -0.1) is 0 Å². The second kappa shape index (κ2) is 12.0. The maximum atomic E-state index is 12.8. The van der Waals surface area contributed by atoms with Crippen molar-refractivity contribution in [1.29, 1.82) is 0 Å². The van der Waals surface area contributed by atoms with Gasteiger partial charge in [0, 0.05) is 6.92 Å². The Morgan fingerprint density at radius 2 is 1.78 bits per heavy atom. The van der Waals surface area contributed by atoms with E-state index in [1.807, 2.05) is 48.5 Å². The molecule has 0 spiro atoms. The van der Waals surface area contributed by atoms with Gasteiger partial charge in [-0.1, -0.05) is 49.2 Å². The highest BCUT2D eigenvalue weighted by molar-refractivity contribution is 6.06. The molecule has 192 valence electrons. The Morgan fingerprint density at radius 3 is 2.53 bits per heavy atom. The molecule has 0 radical (unpaired) electrons. The number of ether oxygens (including phenoxy) is 4. The first-order valence-corrected chi connectivity index (χ1v) is 12.4. The Hall–Kier alpha value is -3.39. The van der Waals surface area contributed by atoms with Gasteiger partial charge >= 0.3 is 5.97 Å². The summed E-state index contributed by atoms with van der Waals surface area (Å²) >= 11 is 0. The summed E-state index contributed by atoms with van der Waals surface area (Å²) in [6, 6.07) is 15.4. The zero-order valence-corrected chi connectivity index (χ0v) is 20.8. The van der Waals surface area contributed by atoms with Gasteiger partial charge in [0.2, 0.25) is 5.91 Å². The van der Waals surface area contributed by atoms with Gasteiger partial charge in [0.05, 0.1) is 32.3 Å². The van der Waals surface area contributed by atoms with E-state index in [4.69, 9.17) is 18.9 Å². The van der Waals surface area contributed by atoms with Crippen LogP contribution in [0.2, 0.25) is 0 Å². The van der Waals surface area contributed by atoms with Crippen LogP contribution in [0.4, 0.5) is 0 Å². The van der Waals surface area contributed by atoms with Crippen molar-refractivity contribution in [3.05, 3.63) is 59.7 Å². The summed E-state index contributed by atoms with van der Waals surface area (Å²) < 4.78 is 22.7. The molecular weight excluding hydrogens is 462 g/mol. The van der Waals surface area contributed by atoms with Gasteiger partial charge in [0.25, 0.3) is 5.91 Å². The highest BCUT2D eigenvalue weighted by Crippen LogP contribution is 2.32.